The molecule has 0 spiro atoms. The van der Waals surface area contributed by atoms with Crippen LogP contribution in [0.1, 0.15) is 40.4 Å². The van der Waals surface area contributed by atoms with Gasteiger partial charge in [-0.05, 0) is 12.1 Å². The zero-order valence-corrected chi connectivity index (χ0v) is 11.4. The summed E-state index contributed by atoms with van der Waals surface area (Å²) in [7, 11) is 0. The van der Waals surface area contributed by atoms with Crippen molar-refractivity contribution in [2.75, 3.05) is 0 Å². The molecule has 1 aromatic heterocycles. The topological polar surface area (TPSA) is 15.8 Å². The molecular formula is C16H25N. The third kappa shape index (κ3) is 3.35. The molecule has 1 aromatic carbocycles. The number of aromatic nitrogens is 1. The molecule has 2 rings (SSSR count). The Morgan fingerprint density at radius 3 is 2.12 bits per heavy atom. The zero-order valence-electron chi connectivity index (χ0n) is 11.4. The first-order valence-corrected chi connectivity index (χ1v) is 6.22. The number of H-pyrrole nitrogens is 1. The Morgan fingerprint density at radius 2 is 1.59 bits per heavy atom. The lowest BCUT2D eigenvalue weighted by molar-refractivity contribution is 1.43. The van der Waals surface area contributed by atoms with E-state index >= 15 is 0 Å². The molecule has 0 radical (unpaired) electrons. The molecule has 0 aliphatic carbocycles. The second kappa shape index (κ2) is 8.40. The second-order valence-corrected chi connectivity index (χ2v) is 2.91. The Bertz CT molecular complexity index is 469. The SMILES string of the molecule is C=Cc1[nH]c2ccccc2c1C=C.CC.CC.[HH]. The number of para-hydroxylation sites is 1. The van der Waals surface area contributed by atoms with Gasteiger partial charge in [0.1, 0.15) is 0 Å². The summed E-state index contributed by atoms with van der Waals surface area (Å²) in [5, 5.41) is 1.20. The van der Waals surface area contributed by atoms with Gasteiger partial charge in [-0.1, -0.05) is 65.1 Å². The van der Waals surface area contributed by atoms with Gasteiger partial charge in [0.25, 0.3) is 0 Å². The summed E-state index contributed by atoms with van der Waals surface area (Å²) in [5.41, 5.74) is 3.30. The first-order valence-electron chi connectivity index (χ1n) is 6.22. The van der Waals surface area contributed by atoms with Crippen molar-refractivity contribution in [3.63, 3.8) is 0 Å². The molecule has 0 fully saturated rings. The average Bonchev–Trinajstić information content (AvgIpc) is 2.80. The van der Waals surface area contributed by atoms with Crippen LogP contribution >= 0.6 is 0 Å². The fraction of sp³-hybridized carbons (Fsp3) is 0.250. The van der Waals surface area contributed by atoms with Gasteiger partial charge in [-0.25, -0.2) is 0 Å². The van der Waals surface area contributed by atoms with E-state index in [2.05, 4.69) is 30.3 Å². The van der Waals surface area contributed by atoms with Crippen molar-refractivity contribution in [1.29, 1.82) is 0 Å². The second-order valence-electron chi connectivity index (χ2n) is 2.91. The molecule has 1 nitrogen and oxygen atoms in total. The summed E-state index contributed by atoms with van der Waals surface area (Å²) in [5.74, 6) is 0. The van der Waals surface area contributed by atoms with Gasteiger partial charge < -0.3 is 4.98 Å². The smallest absolute Gasteiger partial charge is 0.0464 e. The fourth-order valence-electron chi connectivity index (χ4n) is 1.57. The number of hydrogen-bond acceptors (Lipinski definition) is 0. The van der Waals surface area contributed by atoms with Crippen molar-refractivity contribution in [3.05, 3.63) is 48.7 Å². The van der Waals surface area contributed by atoms with E-state index in [-0.39, 0.29) is 1.43 Å². The van der Waals surface area contributed by atoms with Crippen molar-refractivity contribution in [2.24, 2.45) is 0 Å². The van der Waals surface area contributed by atoms with Crippen molar-refractivity contribution < 1.29 is 1.43 Å². The minimum atomic E-state index is 0. The van der Waals surface area contributed by atoms with Crippen LogP contribution in [-0.4, -0.2) is 4.98 Å². The van der Waals surface area contributed by atoms with Gasteiger partial charge in [0.15, 0.2) is 0 Å². The van der Waals surface area contributed by atoms with Crippen molar-refractivity contribution in [2.45, 2.75) is 27.7 Å². The molecule has 0 aliphatic heterocycles. The van der Waals surface area contributed by atoms with Gasteiger partial charge in [0.2, 0.25) is 0 Å². The third-order valence-electron chi connectivity index (χ3n) is 2.18. The van der Waals surface area contributed by atoms with Crippen LogP contribution in [0.3, 0.4) is 0 Å². The summed E-state index contributed by atoms with van der Waals surface area (Å²) in [6.45, 7) is 15.5. The van der Waals surface area contributed by atoms with E-state index in [1.807, 2.05) is 52.0 Å². The van der Waals surface area contributed by atoms with Gasteiger partial charge >= 0.3 is 0 Å². The first-order chi connectivity index (χ1) is 8.36. The third-order valence-corrected chi connectivity index (χ3v) is 2.18. The Hall–Kier alpha value is -1.76. The maximum Gasteiger partial charge on any atom is 0.0464 e. The maximum absolute atomic E-state index is 3.79. The van der Waals surface area contributed by atoms with Crippen LogP contribution in [0.25, 0.3) is 23.1 Å². The predicted molar refractivity (Wildman–Crippen MR) is 83.3 cm³/mol. The predicted octanol–water partition coefficient (Wildman–Crippen LogP) is 5.75. The molecule has 1 heterocycles. The minimum absolute atomic E-state index is 0. The normalized spacial score (nSPS) is 8.47. The van der Waals surface area contributed by atoms with E-state index in [9.17, 15) is 0 Å². The molecule has 17 heavy (non-hydrogen) atoms. The van der Waals surface area contributed by atoms with Crippen LogP contribution in [0.4, 0.5) is 0 Å². The van der Waals surface area contributed by atoms with Crippen LogP contribution in [0.2, 0.25) is 0 Å². The van der Waals surface area contributed by atoms with E-state index in [1.54, 1.807) is 0 Å². The molecule has 0 aliphatic rings. The van der Waals surface area contributed by atoms with Gasteiger partial charge in [-0.15, -0.1) is 0 Å². The number of aromatic amines is 1. The highest BCUT2D eigenvalue weighted by molar-refractivity contribution is 5.92. The van der Waals surface area contributed by atoms with Crippen LogP contribution < -0.4 is 0 Å². The summed E-state index contributed by atoms with van der Waals surface area (Å²) >= 11 is 0. The van der Waals surface area contributed by atoms with Crippen LogP contribution in [-0.2, 0) is 0 Å². The molecule has 0 unspecified atom stereocenters. The van der Waals surface area contributed by atoms with Gasteiger partial charge in [-0.3, -0.25) is 0 Å². The fourth-order valence-corrected chi connectivity index (χ4v) is 1.57. The molecule has 0 saturated carbocycles. The molecule has 94 valence electrons. The highest BCUT2D eigenvalue weighted by Gasteiger charge is 2.03. The van der Waals surface area contributed by atoms with Gasteiger partial charge in [0.05, 0.1) is 0 Å². The Kier molecular flexibility index (Phi) is 7.53. The van der Waals surface area contributed by atoms with E-state index in [4.69, 9.17) is 0 Å². The van der Waals surface area contributed by atoms with Crippen molar-refractivity contribution in [1.82, 2.24) is 4.98 Å². The van der Waals surface area contributed by atoms with E-state index in [0.29, 0.717) is 0 Å². The van der Waals surface area contributed by atoms with E-state index in [0.717, 1.165) is 16.8 Å². The van der Waals surface area contributed by atoms with Crippen molar-refractivity contribution >= 4 is 23.1 Å². The molecular weight excluding hydrogens is 206 g/mol. The van der Waals surface area contributed by atoms with Crippen LogP contribution in [0.15, 0.2) is 37.4 Å². The quantitative estimate of drug-likeness (QED) is 0.677. The summed E-state index contributed by atoms with van der Waals surface area (Å²) in [6, 6.07) is 8.17. The standard InChI is InChI=1S/C12H11N.2C2H6.H2/c1-3-9-10-7-5-6-8-12(10)13-11(9)4-2;2*1-2;/h3-8,13H,1-2H2;2*1-2H3;1H. The highest BCUT2D eigenvalue weighted by Crippen LogP contribution is 2.23. The number of nitrogens with one attached hydrogen (secondary N) is 1. The maximum atomic E-state index is 3.79. The number of fused-ring (bicyclic) bond motifs is 1. The molecule has 2 aromatic rings. The molecule has 0 saturated heterocycles. The summed E-state index contributed by atoms with van der Waals surface area (Å²) in [4.78, 5) is 3.28. The van der Waals surface area contributed by atoms with Crippen LogP contribution in [0.5, 0.6) is 0 Å². The number of rotatable bonds is 2. The molecule has 1 heteroatoms. The number of hydrogen-bond donors (Lipinski definition) is 1. The average molecular weight is 231 g/mol. The van der Waals surface area contributed by atoms with Gasteiger partial charge in [0, 0.05) is 23.6 Å². The summed E-state index contributed by atoms with van der Waals surface area (Å²) in [6.07, 6.45) is 3.67. The zero-order chi connectivity index (χ0) is 13.3. The monoisotopic (exact) mass is 231 g/mol. The van der Waals surface area contributed by atoms with E-state index < -0.39 is 0 Å². The van der Waals surface area contributed by atoms with E-state index in [1.165, 1.54) is 5.39 Å². The van der Waals surface area contributed by atoms with Gasteiger partial charge in [-0.2, -0.15) is 0 Å². The lowest BCUT2D eigenvalue weighted by Crippen LogP contribution is -1.72. The lowest BCUT2D eigenvalue weighted by atomic mass is 10.1. The largest absolute Gasteiger partial charge is 0.355 e. The van der Waals surface area contributed by atoms with Crippen LogP contribution in [0, 0.1) is 0 Å². The lowest BCUT2D eigenvalue weighted by Gasteiger charge is -1.90. The summed E-state index contributed by atoms with van der Waals surface area (Å²) < 4.78 is 0. The Morgan fingerprint density at radius 1 is 1.00 bits per heavy atom. The number of benzene rings is 1. The highest BCUT2D eigenvalue weighted by atomic mass is 14.7. The molecule has 0 atom stereocenters. The molecule has 1 N–H and O–H groups in total. The Labute approximate surface area is 106 Å². The van der Waals surface area contributed by atoms with Crippen molar-refractivity contribution in [3.8, 4) is 0 Å². The Balaban J connectivity index is 0. The molecule has 0 bridgehead atoms. The minimum Gasteiger partial charge on any atom is -0.355 e. The molecule has 0 amide bonds. The first kappa shape index (κ1) is 15.2.